The van der Waals surface area contributed by atoms with E-state index in [0.29, 0.717) is 44.9 Å². The van der Waals surface area contributed by atoms with Gasteiger partial charge in [-0.25, -0.2) is 0 Å². The smallest absolute Gasteiger partial charge is 0.194 e. The Morgan fingerprint density at radius 1 is 0.594 bits per heavy atom. The van der Waals surface area contributed by atoms with Gasteiger partial charge in [-0.2, -0.15) is 0 Å². The lowest BCUT2D eigenvalue weighted by Crippen LogP contribution is -2.05. The van der Waals surface area contributed by atoms with Crippen LogP contribution in [0.15, 0.2) is 84.9 Å². The first-order chi connectivity index (χ1) is 15.5. The molecule has 5 nitrogen and oxygen atoms in total. The molecule has 0 aliphatic heterocycles. The van der Waals surface area contributed by atoms with E-state index in [1.165, 1.54) is 26.4 Å². The Bertz CT molecular complexity index is 1190. The third kappa shape index (κ3) is 3.88. The van der Waals surface area contributed by atoms with E-state index in [1.807, 2.05) is 12.1 Å². The monoisotopic (exact) mass is 426 g/mol. The summed E-state index contributed by atoms with van der Waals surface area (Å²) in [6.45, 7) is 0. The first-order valence-corrected chi connectivity index (χ1v) is 10.0. The van der Waals surface area contributed by atoms with Crippen LogP contribution in [0.5, 0.6) is 23.0 Å². The second kappa shape index (κ2) is 8.86. The second-order valence-corrected chi connectivity index (χ2v) is 7.19. The molecule has 4 aromatic rings. The zero-order valence-electron chi connectivity index (χ0n) is 17.7. The molecule has 0 aliphatic carbocycles. The minimum Gasteiger partial charge on any atom is -0.507 e. The number of hydrogen-bond donors (Lipinski definition) is 2. The molecule has 0 saturated carbocycles. The van der Waals surface area contributed by atoms with Crippen molar-refractivity contribution in [3.05, 3.63) is 96.1 Å². The fourth-order valence-corrected chi connectivity index (χ4v) is 3.71. The van der Waals surface area contributed by atoms with Crippen LogP contribution in [0.1, 0.15) is 15.9 Å². The average molecular weight is 426 g/mol. The number of hydrogen-bond acceptors (Lipinski definition) is 5. The van der Waals surface area contributed by atoms with Gasteiger partial charge in [0.15, 0.2) is 5.78 Å². The summed E-state index contributed by atoms with van der Waals surface area (Å²) in [4.78, 5) is 13.7. The maximum Gasteiger partial charge on any atom is 0.194 e. The Morgan fingerprint density at radius 3 is 1.38 bits per heavy atom. The van der Waals surface area contributed by atoms with Crippen molar-refractivity contribution in [2.24, 2.45) is 0 Å². The quantitative estimate of drug-likeness (QED) is 0.388. The lowest BCUT2D eigenvalue weighted by atomic mass is 9.89. The molecule has 0 fully saturated rings. The van der Waals surface area contributed by atoms with Gasteiger partial charge in [-0.3, -0.25) is 4.79 Å². The molecule has 0 unspecified atom stereocenters. The minimum absolute atomic E-state index is 0.0192. The lowest BCUT2D eigenvalue weighted by molar-refractivity contribution is 0.104. The fraction of sp³-hybridized carbons (Fsp3) is 0.0741. The predicted octanol–water partition coefficient (Wildman–Crippen LogP) is 5.68. The van der Waals surface area contributed by atoms with Gasteiger partial charge in [0.1, 0.15) is 23.0 Å². The first kappa shape index (κ1) is 21.0. The average Bonchev–Trinajstić information content (AvgIpc) is 2.83. The molecule has 0 aromatic heterocycles. The molecule has 0 bridgehead atoms. The van der Waals surface area contributed by atoms with E-state index in [0.717, 1.165) is 0 Å². The Labute approximate surface area is 186 Å². The Kier molecular flexibility index (Phi) is 5.81. The summed E-state index contributed by atoms with van der Waals surface area (Å²) in [7, 11) is 3.05. The third-order valence-corrected chi connectivity index (χ3v) is 5.33. The largest absolute Gasteiger partial charge is 0.507 e. The summed E-state index contributed by atoms with van der Waals surface area (Å²) < 4.78 is 10.3. The van der Waals surface area contributed by atoms with Crippen molar-refractivity contribution in [2.75, 3.05) is 14.2 Å². The van der Waals surface area contributed by atoms with E-state index in [9.17, 15) is 15.0 Å². The molecule has 2 N–H and O–H groups in total. The van der Waals surface area contributed by atoms with Crippen molar-refractivity contribution >= 4 is 5.78 Å². The number of phenols is 2. The molecule has 32 heavy (non-hydrogen) atoms. The van der Waals surface area contributed by atoms with Crippen LogP contribution in [0, 0.1) is 0 Å². The van der Waals surface area contributed by atoms with Crippen LogP contribution < -0.4 is 9.47 Å². The molecule has 4 aromatic carbocycles. The van der Waals surface area contributed by atoms with E-state index in [4.69, 9.17) is 9.47 Å². The maximum atomic E-state index is 13.7. The summed E-state index contributed by atoms with van der Waals surface area (Å²) in [5.41, 5.74) is 3.14. The summed E-state index contributed by atoms with van der Waals surface area (Å²) in [5.74, 6) is 0.865. The Morgan fingerprint density at radius 2 is 1.00 bits per heavy atom. The second-order valence-electron chi connectivity index (χ2n) is 7.19. The molecule has 0 aliphatic rings. The number of phenolic OH excluding ortho intramolecular Hbond substituents is 2. The summed E-state index contributed by atoms with van der Waals surface area (Å²) in [5, 5.41) is 21.1. The van der Waals surface area contributed by atoms with Gasteiger partial charge in [0.25, 0.3) is 0 Å². The van der Waals surface area contributed by atoms with Gasteiger partial charge in [0.05, 0.1) is 14.2 Å². The van der Waals surface area contributed by atoms with E-state index in [1.54, 1.807) is 60.7 Å². The van der Waals surface area contributed by atoms with Crippen molar-refractivity contribution in [1.29, 1.82) is 0 Å². The van der Waals surface area contributed by atoms with Crippen molar-refractivity contribution in [3.63, 3.8) is 0 Å². The van der Waals surface area contributed by atoms with Crippen molar-refractivity contribution in [3.8, 4) is 45.3 Å². The fourth-order valence-electron chi connectivity index (χ4n) is 3.71. The van der Waals surface area contributed by atoms with Crippen LogP contribution in [0.2, 0.25) is 0 Å². The van der Waals surface area contributed by atoms with Gasteiger partial charge >= 0.3 is 0 Å². The number of aromatic hydroxyl groups is 2. The predicted molar refractivity (Wildman–Crippen MR) is 124 cm³/mol. The van der Waals surface area contributed by atoms with Gasteiger partial charge in [-0.05, 0) is 35.4 Å². The molecular weight excluding hydrogens is 404 g/mol. The van der Waals surface area contributed by atoms with E-state index in [2.05, 4.69) is 0 Å². The van der Waals surface area contributed by atoms with Crippen LogP contribution in [0.25, 0.3) is 22.3 Å². The van der Waals surface area contributed by atoms with Crippen LogP contribution in [0.3, 0.4) is 0 Å². The van der Waals surface area contributed by atoms with Crippen molar-refractivity contribution in [2.45, 2.75) is 0 Å². The van der Waals surface area contributed by atoms with Crippen LogP contribution >= 0.6 is 0 Å². The van der Waals surface area contributed by atoms with E-state index < -0.39 is 0 Å². The Hall–Kier alpha value is -4.25. The SMILES string of the molecule is COc1ccc(-c2ccccc2C(=O)c2ccccc2-c2ccc(OC)cc2O)c(O)c1. The zero-order valence-corrected chi connectivity index (χ0v) is 17.7. The molecule has 0 radical (unpaired) electrons. The van der Waals surface area contributed by atoms with E-state index in [-0.39, 0.29) is 17.3 Å². The normalized spacial score (nSPS) is 10.6. The number of benzene rings is 4. The molecule has 0 amide bonds. The summed E-state index contributed by atoms with van der Waals surface area (Å²) in [6, 6.07) is 24.2. The highest BCUT2D eigenvalue weighted by molar-refractivity contribution is 6.16. The molecule has 160 valence electrons. The van der Waals surface area contributed by atoms with E-state index >= 15 is 0 Å². The van der Waals surface area contributed by atoms with Gasteiger partial charge < -0.3 is 19.7 Å². The minimum atomic E-state index is -0.221. The van der Waals surface area contributed by atoms with Crippen LogP contribution in [-0.4, -0.2) is 30.2 Å². The summed E-state index contributed by atoms with van der Waals surface area (Å²) in [6.07, 6.45) is 0. The van der Waals surface area contributed by atoms with Gasteiger partial charge in [0.2, 0.25) is 0 Å². The first-order valence-electron chi connectivity index (χ1n) is 10.0. The molecular formula is C27H22O5. The number of rotatable bonds is 6. The number of methoxy groups -OCH3 is 2. The molecule has 0 saturated heterocycles. The molecule has 5 heteroatoms. The highest BCUT2D eigenvalue weighted by Gasteiger charge is 2.21. The van der Waals surface area contributed by atoms with Crippen LogP contribution in [0.4, 0.5) is 0 Å². The molecule has 4 rings (SSSR count). The number of ether oxygens (including phenoxy) is 2. The highest BCUT2D eigenvalue weighted by atomic mass is 16.5. The number of carbonyl (C=O) groups is 1. The van der Waals surface area contributed by atoms with Gasteiger partial charge in [-0.15, -0.1) is 0 Å². The third-order valence-electron chi connectivity index (χ3n) is 5.33. The Balaban J connectivity index is 1.83. The standard InChI is InChI=1S/C27H22O5/c1-31-17-11-13-21(25(28)15-17)19-7-3-5-9-23(19)27(30)24-10-6-4-8-20(24)22-14-12-18(32-2)16-26(22)29/h3-16,28-29H,1-2H3. The lowest BCUT2D eigenvalue weighted by Gasteiger charge is -2.14. The molecule has 0 spiro atoms. The van der Waals surface area contributed by atoms with Crippen molar-refractivity contribution in [1.82, 2.24) is 0 Å². The van der Waals surface area contributed by atoms with Gasteiger partial charge in [0, 0.05) is 34.4 Å². The number of carbonyl (C=O) groups excluding carboxylic acids is 1. The summed E-state index contributed by atoms with van der Waals surface area (Å²) >= 11 is 0. The van der Waals surface area contributed by atoms with Gasteiger partial charge in [-0.1, -0.05) is 48.5 Å². The number of ketones is 1. The molecule has 0 atom stereocenters. The highest BCUT2D eigenvalue weighted by Crippen LogP contribution is 2.38. The van der Waals surface area contributed by atoms with Crippen molar-refractivity contribution < 1.29 is 24.5 Å². The topological polar surface area (TPSA) is 76.0 Å². The molecule has 0 heterocycles. The maximum absolute atomic E-state index is 13.7. The van der Waals surface area contributed by atoms with Crippen LogP contribution in [-0.2, 0) is 0 Å². The zero-order chi connectivity index (χ0) is 22.7.